The zero-order chi connectivity index (χ0) is 22.7. The minimum absolute atomic E-state index is 0.0146. The Morgan fingerprint density at radius 1 is 1.06 bits per heavy atom. The third kappa shape index (κ3) is 4.99. The maximum atomic E-state index is 12.7. The molecule has 0 saturated heterocycles. The lowest BCUT2D eigenvalue weighted by atomic mass is 10.0. The number of hydrogen-bond acceptors (Lipinski definition) is 5. The fraction of sp³-hybridized carbons (Fsp3) is 0.320. The smallest absolute Gasteiger partial charge is 0.266 e. The summed E-state index contributed by atoms with van der Waals surface area (Å²) in [6, 6.07) is 17.1. The molecule has 1 unspecified atom stereocenters. The molecule has 0 spiro atoms. The van der Waals surface area contributed by atoms with Gasteiger partial charge in [0.25, 0.3) is 11.8 Å². The van der Waals surface area contributed by atoms with Crippen LogP contribution in [0, 0.1) is 0 Å². The van der Waals surface area contributed by atoms with Gasteiger partial charge in [0.1, 0.15) is 5.75 Å². The largest absolute Gasteiger partial charge is 0.481 e. The predicted molar refractivity (Wildman–Crippen MR) is 126 cm³/mol. The predicted octanol–water partition coefficient (Wildman–Crippen LogP) is 4.87. The molecular weight excluding hydrogens is 422 g/mol. The lowest BCUT2D eigenvalue weighted by Crippen LogP contribution is -2.35. The summed E-state index contributed by atoms with van der Waals surface area (Å²) in [4.78, 5) is 32.8. The van der Waals surface area contributed by atoms with E-state index in [-0.39, 0.29) is 11.8 Å². The quantitative estimate of drug-likeness (QED) is 0.583. The number of amides is 2. The van der Waals surface area contributed by atoms with Gasteiger partial charge in [0.2, 0.25) is 0 Å². The van der Waals surface area contributed by atoms with Crippen molar-refractivity contribution in [3.8, 4) is 5.75 Å². The Morgan fingerprint density at radius 3 is 2.47 bits per heavy atom. The van der Waals surface area contributed by atoms with Crippen LogP contribution < -0.4 is 10.1 Å². The minimum atomic E-state index is -0.656. The van der Waals surface area contributed by atoms with Crippen LogP contribution in [0.1, 0.15) is 53.2 Å². The topological polar surface area (TPSA) is 71.5 Å². The number of hydrogen-bond donors (Lipinski definition) is 1. The van der Waals surface area contributed by atoms with E-state index in [0.29, 0.717) is 41.9 Å². The zero-order valence-electron chi connectivity index (χ0n) is 18.5. The Kier molecular flexibility index (Phi) is 6.55. The molecule has 32 heavy (non-hydrogen) atoms. The highest BCUT2D eigenvalue weighted by Crippen LogP contribution is 2.29. The van der Waals surface area contributed by atoms with E-state index in [1.165, 1.54) is 16.9 Å². The molecule has 4 rings (SSSR count). The number of anilines is 1. The van der Waals surface area contributed by atoms with Crippen LogP contribution in [-0.2, 0) is 17.8 Å². The third-order valence-corrected chi connectivity index (χ3v) is 6.50. The molecule has 1 aliphatic rings. The number of carbonyl (C=O) groups excluding carboxylic acids is 2. The Labute approximate surface area is 192 Å². The van der Waals surface area contributed by atoms with E-state index in [2.05, 4.69) is 24.1 Å². The first-order chi connectivity index (χ1) is 15.4. The summed E-state index contributed by atoms with van der Waals surface area (Å²) in [7, 11) is 0. The van der Waals surface area contributed by atoms with Gasteiger partial charge in [-0.25, -0.2) is 4.98 Å². The molecule has 1 aliphatic heterocycles. The van der Waals surface area contributed by atoms with Gasteiger partial charge >= 0.3 is 0 Å². The summed E-state index contributed by atoms with van der Waals surface area (Å²) < 4.78 is 5.79. The highest BCUT2D eigenvalue weighted by Gasteiger charge is 2.26. The normalized spacial score (nSPS) is 14.1. The molecule has 1 aromatic heterocycles. The second-order valence-electron chi connectivity index (χ2n) is 8.20. The molecular formula is C25H27N3O3S. The van der Waals surface area contributed by atoms with Crippen molar-refractivity contribution in [2.45, 2.75) is 45.8 Å². The first-order valence-electron chi connectivity index (χ1n) is 10.8. The van der Waals surface area contributed by atoms with Crippen LogP contribution >= 0.6 is 11.3 Å². The maximum Gasteiger partial charge on any atom is 0.266 e. The van der Waals surface area contributed by atoms with E-state index in [0.717, 1.165) is 10.6 Å². The van der Waals surface area contributed by atoms with Gasteiger partial charge in [-0.05, 0) is 42.7 Å². The van der Waals surface area contributed by atoms with E-state index in [4.69, 9.17) is 4.74 Å². The summed E-state index contributed by atoms with van der Waals surface area (Å²) in [6.07, 6.45) is 0.0196. The van der Waals surface area contributed by atoms with Gasteiger partial charge in [0.15, 0.2) is 11.2 Å². The molecule has 6 nitrogen and oxygen atoms in total. The highest BCUT2D eigenvalue weighted by atomic mass is 32.1. The second kappa shape index (κ2) is 9.53. The standard InChI is InChI=1S/C25H27N3O3S/c1-16(2)18-9-11-20(12-10-18)31-17(3)23(29)27-25-26-21-13-14-28(15-22(21)32-25)24(30)19-7-5-4-6-8-19/h4-12,16-17H,13-15H2,1-3H3,(H,26,27,29). The fourth-order valence-corrected chi connectivity index (χ4v) is 4.61. The van der Waals surface area contributed by atoms with Gasteiger partial charge in [-0.1, -0.05) is 55.5 Å². The van der Waals surface area contributed by atoms with Gasteiger partial charge < -0.3 is 9.64 Å². The Balaban J connectivity index is 1.36. The lowest BCUT2D eigenvalue weighted by Gasteiger charge is -2.26. The van der Waals surface area contributed by atoms with Gasteiger partial charge in [-0.2, -0.15) is 0 Å². The summed E-state index contributed by atoms with van der Waals surface area (Å²) in [6.45, 7) is 7.11. The van der Waals surface area contributed by atoms with Crippen LogP contribution in [0.25, 0.3) is 0 Å². The van der Waals surface area contributed by atoms with E-state index < -0.39 is 6.10 Å². The number of carbonyl (C=O) groups is 2. The van der Waals surface area contributed by atoms with E-state index >= 15 is 0 Å². The minimum Gasteiger partial charge on any atom is -0.481 e. The zero-order valence-corrected chi connectivity index (χ0v) is 19.3. The molecule has 166 valence electrons. The number of nitrogens with one attached hydrogen (secondary N) is 1. The summed E-state index contributed by atoms with van der Waals surface area (Å²) >= 11 is 1.42. The molecule has 0 radical (unpaired) electrons. The van der Waals surface area contributed by atoms with Crippen molar-refractivity contribution >= 4 is 28.3 Å². The van der Waals surface area contributed by atoms with Crippen LogP contribution in [0.4, 0.5) is 5.13 Å². The Hall–Kier alpha value is -3.19. The summed E-state index contributed by atoms with van der Waals surface area (Å²) in [5, 5.41) is 3.41. The van der Waals surface area contributed by atoms with E-state index in [1.807, 2.05) is 59.5 Å². The molecule has 1 atom stereocenters. The van der Waals surface area contributed by atoms with Gasteiger partial charge in [0, 0.05) is 23.4 Å². The molecule has 2 aromatic carbocycles. The monoisotopic (exact) mass is 449 g/mol. The number of rotatable bonds is 6. The SMILES string of the molecule is CC(Oc1ccc(C(C)C)cc1)C(=O)Nc1nc2c(s1)CN(C(=O)c1ccccc1)CC2. The van der Waals surface area contributed by atoms with Crippen molar-refractivity contribution in [2.75, 3.05) is 11.9 Å². The fourth-order valence-electron chi connectivity index (χ4n) is 3.58. The van der Waals surface area contributed by atoms with Crippen molar-refractivity contribution in [3.05, 3.63) is 76.3 Å². The van der Waals surface area contributed by atoms with Crippen LogP contribution in [0.3, 0.4) is 0 Å². The summed E-state index contributed by atoms with van der Waals surface area (Å²) in [5.74, 6) is 0.868. The first-order valence-corrected chi connectivity index (χ1v) is 11.6. The van der Waals surface area contributed by atoms with Gasteiger partial charge in [0.05, 0.1) is 12.2 Å². The second-order valence-corrected chi connectivity index (χ2v) is 9.29. The van der Waals surface area contributed by atoms with Crippen LogP contribution in [0.2, 0.25) is 0 Å². The van der Waals surface area contributed by atoms with Crippen LogP contribution in [0.15, 0.2) is 54.6 Å². The molecule has 2 amide bonds. The van der Waals surface area contributed by atoms with Crippen molar-refractivity contribution in [3.63, 3.8) is 0 Å². The number of thiazole rings is 1. The van der Waals surface area contributed by atoms with E-state index in [1.54, 1.807) is 6.92 Å². The molecule has 3 aromatic rings. The van der Waals surface area contributed by atoms with Crippen LogP contribution in [-0.4, -0.2) is 34.3 Å². The lowest BCUT2D eigenvalue weighted by molar-refractivity contribution is -0.122. The molecule has 0 saturated carbocycles. The number of aromatic nitrogens is 1. The molecule has 2 heterocycles. The van der Waals surface area contributed by atoms with Crippen molar-refractivity contribution in [1.29, 1.82) is 0 Å². The molecule has 0 fully saturated rings. The number of fused-ring (bicyclic) bond motifs is 1. The maximum absolute atomic E-state index is 12.7. The van der Waals surface area contributed by atoms with Gasteiger partial charge in [-0.15, -0.1) is 0 Å². The van der Waals surface area contributed by atoms with E-state index in [9.17, 15) is 9.59 Å². The number of benzene rings is 2. The van der Waals surface area contributed by atoms with Crippen LogP contribution in [0.5, 0.6) is 5.75 Å². The molecule has 1 N–H and O–H groups in total. The van der Waals surface area contributed by atoms with Gasteiger partial charge in [-0.3, -0.25) is 14.9 Å². The average Bonchev–Trinajstić information content (AvgIpc) is 3.20. The van der Waals surface area contributed by atoms with Crippen molar-refractivity contribution in [1.82, 2.24) is 9.88 Å². The number of nitrogens with zero attached hydrogens (tertiary/aromatic N) is 2. The number of ether oxygens (including phenoxy) is 1. The highest BCUT2D eigenvalue weighted by molar-refractivity contribution is 7.15. The van der Waals surface area contributed by atoms with Crippen molar-refractivity contribution < 1.29 is 14.3 Å². The molecule has 0 aliphatic carbocycles. The summed E-state index contributed by atoms with van der Waals surface area (Å²) in [5.41, 5.74) is 2.85. The first kappa shape index (κ1) is 22.0. The Morgan fingerprint density at radius 2 is 1.78 bits per heavy atom. The molecule has 7 heteroatoms. The Bertz CT molecular complexity index is 1090. The average molecular weight is 450 g/mol. The molecule has 0 bridgehead atoms. The van der Waals surface area contributed by atoms with Crippen molar-refractivity contribution in [2.24, 2.45) is 0 Å². The third-order valence-electron chi connectivity index (χ3n) is 5.50.